The second-order valence-corrected chi connectivity index (χ2v) is 9.54. The number of hydrogen-bond acceptors (Lipinski definition) is 5. The van der Waals surface area contributed by atoms with Crippen LogP contribution in [0, 0.1) is 0 Å². The Bertz CT molecular complexity index is 1250. The summed E-state index contributed by atoms with van der Waals surface area (Å²) in [5, 5.41) is 12.8. The third-order valence-electron chi connectivity index (χ3n) is 6.49. The van der Waals surface area contributed by atoms with Crippen molar-refractivity contribution in [3.63, 3.8) is 0 Å². The number of alkyl carbamates (subject to hydrolysis) is 1. The lowest BCUT2D eigenvalue weighted by atomic mass is 9.77. The molecule has 1 aromatic heterocycles. The van der Waals surface area contributed by atoms with Gasteiger partial charge in [0.25, 0.3) is 0 Å². The van der Waals surface area contributed by atoms with Gasteiger partial charge >= 0.3 is 19.2 Å². The molecule has 0 radical (unpaired) electrons. The molecule has 0 aliphatic carbocycles. The van der Waals surface area contributed by atoms with Gasteiger partial charge in [-0.05, 0) is 56.4 Å². The largest absolute Gasteiger partial charge is 0.492 e. The van der Waals surface area contributed by atoms with E-state index in [9.17, 15) is 14.7 Å². The summed E-state index contributed by atoms with van der Waals surface area (Å²) in [5.74, 6) is -1.01. The van der Waals surface area contributed by atoms with E-state index in [4.69, 9.17) is 14.0 Å². The normalized spacial score (nSPS) is 16.9. The van der Waals surface area contributed by atoms with E-state index in [1.807, 2.05) is 76.2 Å². The highest BCUT2D eigenvalue weighted by molar-refractivity contribution is 6.56. The maximum absolute atomic E-state index is 12.4. The fourth-order valence-corrected chi connectivity index (χ4v) is 3.76. The number of carboxylic acid groups (broad SMARTS) is 1. The van der Waals surface area contributed by atoms with Crippen LogP contribution < -0.4 is 5.32 Å². The van der Waals surface area contributed by atoms with E-state index in [0.29, 0.717) is 10.9 Å². The van der Waals surface area contributed by atoms with Crippen LogP contribution in [0.25, 0.3) is 17.0 Å². The van der Waals surface area contributed by atoms with Crippen LogP contribution in [0.4, 0.5) is 4.79 Å². The summed E-state index contributed by atoms with van der Waals surface area (Å²) in [6.07, 6.45) is 2.75. The number of carbonyl (C=O) groups is 2. The van der Waals surface area contributed by atoms with Crippen molar-refractivity contribution in [2.45, 2.75) is 45.5 Å². The summed E-state index contributed by atoms with van der Waals surface area (Å²) in [6, 6.07) is 14.9. The van der Waals surface area contributed by atoms with Gasteiger partial charge in [-0.1, -0.05) is 42.5 Å². The van der Waals surface area contributed by atoms with Gasteiger partial charge in [-0.25, -0.2) is 9.59 Å². The molecule has 1 fully saturated rings. The minimum Gasteiger partial charge on any atom is -0.478 e. The molecule has 182 valence electrons. The van der Waals surface area contributed by atoms with Gasteiger partial charge in [0.05, 0.1) is 16.8 Å². The highest BCUT2D eigenvalue weighted by atomic mass is 16.7. The fourth-order valence-electron chi connectivity index (χ4n) is 3.76. The fraction of sp³-hybridized carbons (Fsp3) is 0.308. The van der Waals surface area contributed by atoms with Crippen molar-refractivity contribution in [1.82, 2.24) is 10.3 Å². The Labute approximate surface area is 204 Å². The predicted molar refractivity (Wildman–Crippen MR) is 134 cm³/mol. The first-order valence-electron chi connectivity index (χ1n) is 11.4. The molecule has 35 heavy (non-hydrogen) atoms. The van der Waals surface area contributed by atoms with E-state index in [1.165, 1.54) is 6.20 Å². The highest BCUT2D eigenvalue weighted by Gasteiger charge is 2.52. The SMILES string of the molecule is CC1(C)OB(C(=Cc2ccc3[nH]cc(C(=O)O)c3c2)CNC(=O)OCc2ccccc2)OC1(C)C. The maximum Gasteiger partial charge on any atom is 0.492 e. The molecule has 8 nitrogen and oxygen atoms in total. The average Bonchev–Trinajstić information content (AvgIpc) is 3.32. The van der Waals surface area contributed by atoms with Gasteiger partial charge in [-0.15, -0.1) is 0 Å². The van der Waals surface area contributed by atoms with Gasteiger partial charge in [0.15, 0.2) is 0 Å². The molecule has 2 aromatic carbocycles. The lowest BCUT2D eigenvalue weighted by molar-refractivity contribution is 0.00578. The van der Waals surface area contributed by atoms with Crippen LogP contribution in [0.5, 0.6) is 0 Å². The Balaban J connectivity index is 1.56. The van der Waals surface area contributed by atoms with Gasteiger partial charge in [0.2, 0.25) is 0 Å². The van der Waals surface area contributed by atoms with Crippen molar-refractivity contribution in [2.24, 2.45) is 0 Å². The zero-order valence-electron chi connectivity index (χ0n) is 20.3. The molecule has 1 amide bonds. The summed E-state index contributed by atoms with van der Waals surface area (Å²) in [6.45, 7) is 8.11. The van der Waals surface area contributed by atoms with E-state index >= 15 is 0 Å². The molecule has 0 spiro atoms. The van der Waals surface area contributed by atoms with E-state index in [-0.39, 0.29) is 18.7 Å². The van der Waals surface area contributed by atoms with Gasteiger partial charge in [0, 0.05) is 23.6 Å². The molecule has 1 saturated heterocycles. The Morgan fingerprint density at radius 2 is 1.77 bits per heavy atom. The zero-order valence-corrected chi connectivity index (χ0v) is 20.3. The molecule has 9 heteroatoms. The number of benzene rings is 2. The predicted octanol–water partition coefficient (Wildman–Crippen LogP) is 4.81. The second kappa shape index (κ2) is 9.60. The standard InChI is InChI=1S/C26H29BN2O6/c1-25(2)26(3,4)35-27(34-25)19(14-29-24(32)33-16-17-8-6-5-7-9-17)12-18-10-11-22-20(13-18)21(15-28-22)23(30)31/h5-13,15,28H,14,16H2,1-4H3,(H,29,32)(H,30,31). The number of hydrogen-bond donors (Lipinski definition) is 3. The summed E-state index contributed by atoms with van der Waals surface area (Å²) in [4.78, 5) is 26.9. The molecule has 0 atom stereocenters. The second-order valence-electron chi connectivity index (χ2n) is 9.54. The van der Waals surface area contributed by atoms with E-state index < -0.39 is 30.4 Å². The van der Waals surface area contributed by atoms with Gasteiger partial charge in [0.1, 0.15) is 6.61 Å². The number of amides is 1. The van der Waals surface area contributed by atoms with Crippen LogP contribution in [0.15, 0.2) is 60.2 Å². The quantitative estimate of drug-likeness (QED) is 0.423. The first-order valence-corrected chi connectivity index (χ1v) is 11.4. The van der Waals surface area contributed by atoms with Crippen molar-refractivity contribution in [3.05, 3.63) is 76.9 Å². The number of aromatic amines is 1. The summed E-state index contributed by atoms with van der Waals surface area (Å²) in [5.41, 5.74) is 2.10. The summed E-state index contributed by atoms with van der Waals surface area (Å²) < 4.78 is 17.8. The number of nitrogens with one attached hydrogen (secondary N) is 2. The Morgan fingerprint density at radius 1 is 1.09 bits per heavy atom. The van der Waals surface area contributed by atoms with Crippen LogP contribution in [-0.2, 0) is 20.7 Å². The van der Waals surface area contributed by atoms with Crippen molar-refractivity contribution in [3.8, 4) is 0 Å². The molecule has 0 bridgehead atoms. The summed E-state index contributed by atoms with van der Waals surface area (Å²) in [7, 11) is -0.699. The third kappa shape index (κ3) is 5.42. The van der Waals surface area contributed by atoms with Crippen LogP contribution in [0.3, 0.4) is 0 Å². The Kier molecular flexibility index (Phi) is 6.74. The van der Waals surface area contributed by atoms with Gasteiger partial charge in [-0.2, -0.15) is 0 Å². The molecular weight excluding hydrogens is 447 g/mol. The summed E-state index contributed by atoms with van der Waals surface area (Å²) >= 11 is 0. The van der Waals surface area contributed by atoms with Crippen LogP contribution in [0.1, 0.15) is 49.2 Å². The molecule has 3 aromatic rings. The van der Waals surface area contributed by atoms with Crippen molar-refractivity contribution < 1.29 is 28.7 Å². The first-order chi connectivity index (χ1) is 16.6. The minimum atomic E-state index is -1.01. The molecule has 0 unspecified atom stereocenters. The Morgan fingerprint density at radius 3 is 2.43 bits per heavy atom. The molecule has 3 N–H and O–H groups in total. The number of H-pyrrole nitrogens is 1. The van der Waals surface area contributed by atoms with Crippen LogP contribution in [0.2, 0.25) is 0 Å². The van der Waals surface area contributed by atoms with Gasteiger partial charge in [-0.3, -0.25) is 0 Å². The maximum atomic E-state index is 12.4. The molecule has 1 aliphatic heterocycles. The number of rotatable bonds is 7. The lowest BCUT2D eigenvalue weighted by Gasteiger charge is -2.32. The zero-order chi connectivity index (χ0) is 25.2. The van der Waals surface area contributed by atoms with Crippen molar-refractivity contribution in [1.29, 1.82) is 0 Å². The molecule has 1 aliphatic rings. The minimum absolute atomic E-state index is 0.126. The number of aromatic nitrogens is 1. The van der Waals surface area contributed by atoms with E-state index in [1.54, 1.807) is 6.07 Å². The third-order valence-corrected chi connectivity index (χ3v) is 6.49. The molecule has 0 saturated carbocycles. The molecule has 4 rings (SSSR count). The monoisotopic (exact) mass is 476 g/mol. The number of fused-ring (bicyclic) bond motifs is 1. The first kappa shape index (κ1) is 24.6. The van der Waals surface area contributed by atoms with Crippen molar-refractivity contribution in [2.75, 3.05) is 6.54 Å². The van der Waals surface area contributed by atoms with E-state index in [2.05, 4.69) is 10.3 Å². The van der Waals surface area contributed by atoms with Crippen molar-refractivity contribution >= 4 is 36.2 Å². The van der Waals surface area contributed by atoms with E-state index in [0.717, 1.165) is 16.6 Å². The number of aromatic carboxylic acids is 1. The Hall–Kier alpha value is -3.56. The number of ether oxygens (including phenoxy) is 1. The molecule has 2 heterocycles. The lowest BCUT2D eigenvalue weighted by Crippen LogP contribution is -2.41. The smallest absolute Gasteiger partial charge is 0.478 e. The molecular formula is C26H29BN2O6. The van der Waals surface area contributed by atoms with Gasteiger partial charge < -0.3 is 29.5 Å². The van der Waals surface area contributed by atoms with Crippen LogP contribution >= 0.6 is 0 Å². The topological polar surface area (TPSA) is 110 Å². The number of carboxylic acids is 1. The highest BCUT2D eigenvalue weighted by Crippen LogP contribution is 2.38. The van der Waals surface area contributed by atoms with Crippen LogP contribution in [-0.4, -0.2) is 47.0 Å². The average molecular weight is 476 g/mol. The number of carbonyl (C=O) groups excluding carboxylic acids is 1.